The van der Waals surface area contributed by atoms with E-state index in [0.29, 0.717) is 45.2 Å². The van der Waals surface area contributed by atoms with Crippen LogP contribution in [-0.2, 0) is 16.0 Å². The van der Waals surface area contributed by atoms with E-state index >= 15 is 0 Å². The van der Waals surface area contributed by atoms with Gasteiger partial charge in [-0.3, -0.25) is 9.59 Å². The molecule has 0 spiro atoms. The molecule has 2 aliphatic heterocycles. The lowest BCUT2D eigenvalue weighted by Gasteiger charge is -2.33. The number of carbonyl (C=O) groups excluding carboxylic acids is 2. The molecule has 3 rings (SSSR count). The van der Waals surface area contributed by atoms with E-state index in [9.17, 15) is 18.4 Å². The summed E-state index contributed by atoms with van der Waals surface area (Å²) in [5.74, 6) is -0.378. The van der Waals surface area contributed by atoms with Gasteiger partial charge in [0.1, 0.15) is 11.6 Å². The van der Waals surface area contributed by atoms with Crippen LogP contribution in [0, 0.1) is 17.6 Å². The van der Waals surface area contributed by atoms with E-state index in [1.54, 1.807) is 0 Å². The van der Waals surface area contributed by atoms with Gasteiger partial charge >= 0.3 is 0 Å². The second-order valence-corrected chi connectivity index (χ2v) is 7.67. The predicted molar refractivity (Wildman–Crippen MR) is 99.0 cm³/mol. The molecule has 27 heavy (non-hydrogen) atoms. The monoisotopic (exact) mass is 378 g/mol. The summed E-state index contributed by atoms with van der Waals surface area (Å²) in [4.78, 5) is 27.8. The molecule has 0 radical (unpaired) electrons. The Morgan fingerprint density at radius 1 is 1.15 bits per heavy atom. The molecule has 0 unspecified atom stereocenters. The van der Waals surface area contributed by atoms with Gasteiger partial charge < -0.3 is 9.80 Å². The first-order valence-corrected chi connectivity index (χ1v) is 10.0. The normalized spacial score (nSPS) is 20.4. The third kappa shape index (κ3) is 5.27. The minimum atomic E-state index is -0.491. The number of benzene rings is 1. The molecule has 148 valence electrons. The van der Waals surface area contributed by atoms with Crippen LogP contribution in [0.5, 0.6) is 0 Å². The molecule has 1 aromatic rings. The quantitative estimate of drug-likeness (QED) is 0.728. The van der Waals surface area contributed by atoms with Crippen LogP contribution >= 0.6 is 0 Å². The Balaban J connectivity index is 1.43. The minimum absolute atomic E-state index is 0.128. The maximum atomic E-state index is 13.8. The van der Waals surface area contributed by atoms with Crippen molar-refractivity contribution in [2.24, 2.45) is 5.92 Å². The number of hydrogen-bond acceptors (Lipinski definition) is 2. The molecule has 0 aromatic heterocycles. The second-order valence-electron chi connectivity index (χ2n) is 7.67. The van der Waals surface area contributed by atoms with Gasteiger partial charge in [0.2, 0.25) is 11.8 Å². The van der Waals surface area contributed by atoms with E-state index in [0.717, 1.165) is 32.4 Å². The molecule has 2 aliphatic rings. The van der Waals surface area contributed by atoms with Gasteiger partial charge in [0.05, 0.1) is 0 Å². The maximum absolute atomic E-state index is 13.8. The second kappa shape index (κ2) is 9.29. The van der Waals surface area contributed by atoms with E-state index in [1.807, 2.05) is 9.80 Å². The number of carbonyl (C=O) groups is 2. The topological polar surface area (TPSA) is 40.6 Å². The van der Waals surface area contributed by atoms with Gasteiger partial charge in [0, 0.05) is 44.6 Å². The summed E-state index contributed by atoms with van der Waals surface area (Å²) < 4.78 is 27.5. The van der Waals surface area contributed by atoms with Crippen molar-refractivity contribution in [3.63, 3.8) is 0 Å². The van der Waals surface area contributed by atoms with E-state index < -0.39 is 11.6 Å². The lowest BCUT2D eigenvalue weighted by molar-refractivity contribution is -0.134. The molecule has 2 amide bonds. The van der Waals surface area contributed by atoms with Gasteiger partial charge in [-0.2, -0.15) is 0 Å². The molecule has 0 bridgehead atoms. The Morgan fingerprint density at radius 2 is 1.93 bits per heavy atom. The summed E-state index contributed by atoms with van der Waals surface area (Å²) in [6.45, 7) is 2.89. The van der Waals surface area contributed by atoms with Crippen LogP contribution in [0.3, 0.4) is 0 Å². The Kier molecular flexibility index (Phi) is 6.80. The maximum Gasteiger partial charge on any atom is 0.222 e. The average molecular weight is 378 g/mol. The Labute approximate surface area is 159 Å². The number of amides is 2. The third-order valence-electron chi connectivity index (χ3n) is 5.73. The summed E-state index contributed by atoms with van der Waals surface area (Å²) in [7, 11) is 0. The van der Waals surface area contributed by atoms with Crippen molar-refractivity contribution in [1.82, 2.24) is 9.80 Å². The summed E-state index contributed by atoms with van der Waals surface area (Å²) in [5.41, 5.74) is 0.149. The standard InChI is InChI=1S/C21H28F2N2O2/c22-18-6-1-7-19(23)17(18)11-10-16-5-2-14-25(15-16)21(27)9-4-13-24-12-3-8-20(24)26/h1,6-7,16H,2-5,8-15H2/t16-/m1/s1. The lowest BCUT2D eigenvalue weighted by atomic mass is 9.91. The molecule has 0 aliphatic carbocycles. The first kappa shape index (κ1) is 19.8. The highest BCUT2D eigenvalue weighted by atomic mass is 19.1. The first-order valence-electron chi connectivity index (χ1n) is 10.0. The fourth-order valence-corrected chi connectivity index (χ4v) is 4.17. The number of nitrogens with zero attached hydrogens (tertiary/aromatic N) is 2. The van der Waals surface area contributed by atoms with Crippen molar-refractivity contribution >= 4 is 11.8 Å². The van der Waals surface area contributed by atoms with E-state index in [-0.39, 0.29) is 23.3 Å². The zero-order valence-electron chi connectivity index (χ0n) is 15.8. The summed E-state index contributed by atoms with van der Waals surface area (Å²) in [6.07, 6.45) is 5.67. The molecule has 0 saturated carbocycles. The van der Waals surface area contributed by atoms with E-state index in [1.165, 1.54) is 18.2 Å². The highest BCUT2D eigenvalue weighted by molar-refractivity contribution is 5.78. The van der Waals surface area contributed by atoms with Crippen molar-refractivity contribution in [2.45, 2.75) is 51.4 Å². The van der Waals surface area contributed by atoms with Gasteiger partial charge in [-0.25, -0.2) is 8.78 Å². The Morgan fingerprint density at radius 3 is 2.63 bits per heavy atom. The Bertz CT molecular complexity index is 660. The summed E-state index contributed by atoms with van der Waals surface area (Å²) >= 11 is 0. The van der Waals surface area contributed by atoms with Crippen LogP contribution in [0.4, 0.5) is 8.78 Å². The van der Waals surface area contributed by atoms with Gasteiger partial charge in [-0.1, -0.05) is 6.07 Å². The van der Waals surface area contributed by atoms with Crippen LogP contribution in [0.2, 0.25) is 0 Å². The number of hydrogen-bond donors (Lipinski definition) is 0. The van der Waals surface area contributed by atoms with Crippen molar-refractivity contribution in [3.05, 3.63) is 35.4 Å². The van der Waals surface area contributed by atoms with Crippen molar-refractivity contribution in [1.29, 1.82) is 0 Å². The van der Waals surface area contributed by atoms with Gasteiger partial charge in [0.15, 0.2) is 0 Å². The van der Waals surface area contributed by atoms with E-state index in [4.69, 9.17) is 0 Å². The first-order chi connectivity index (χ1) is 13.0. The average Bonchev–Trinajstić information content (AvgIpc) is 3.06. The highest BCUT2D eigenvalue weighted by Crippen LogP contribution is 2.24. The van der Waals surface area contributed by atoms with Crippen molar-refractivity contribution in [3.8, 4) is 0 Å². The van der Waals surface area contributed by atoms with Gasteiger partial charge in [-0.15, -0.1) is 0 Å². The van der Waals surface area contributed by atoms with Gasteiger partial charge in [-0.05, 0) is 56.6 Å². The third-order valence-corrected chi connectivity index (χ3v) is 5.73. The summed E-state index contributed by atoms with van der Waals surface area (Å²) in [6, 6.07) is 3.96. The molecule has 2 heterocycles. The predicted octanol–water partition coefficient (Wildman–Crippen LogP) is 3.54. The van der Waals surface area contributed by atoms with Crippen molar-refractivity contribution in [2.75, 3.05) is 26.2 Å². The molecular weight excluding hydrogens is 350 g/mol. The number of piperidine rings is 1. The van der Waals surface area contributed by atoms with Crippen LogP contribution in [0.1, 0.15) is 50.5 Å². The molecule has 6 heteroatoms. The van der Waals surface area contributed by atoms with Crippen LogP contribution < -0.4 is 0 Å². The fourth-order valence-electron chi connectivity index (χ4n) is 4.17. The number of likely N-dealkylation sites (tertiary alicyclic amines) is 2. The summed E-state index contributed by atoms with van der Waals surface area (Å²) in [5, 5.41) is 0. The molecule has 4 nitrogen and oxygen atoms in total. The van der Waals surface area contributed by atoms with Crippen LogP contribution in [0.25, 0.3) is 0 Å². The smallest absolute Gasteiger partial charge is 0.222 e. The zero-order valence-corrected chi connectivity index (χ0v) is 15.8. The molecule has 0 N–H and O–H groups in total. The molecule has 2 fully saturated rings. The SMILES string of the molecule is O=C1CCCN1CCCC(=O)N1CCC[C@H](CCc2c(F)cccc2F)C1. The molecule has 2 saturated heterocycles. The Hall–Kier alpha value is -1.98. The molecule has 1 aromatic carbocycles. The lowest BCUT2D eigenvalue weighted by Crippen LogP contribution is -2.40. The number of halogens is 2. The number of rotatable bonds is 7. The van der Waals surface area contributed by atoms with Crippen LogP contribution in [-0.4, -0.2) is 47.8 Å². The van der Waals surface area contributed by atoms with Crippen LogP contribution in [0.15, 0.2) is 18.2 Å². The fraction of sp³-hybridized carbons (Fsp3) is 0.619. The largest absolute Gasteiger partial charge is 0.343 e. The van der Waals surface area contributed by atoms with Crippen molar-refractivity contribution < 1.29 is 18.4 Å². The molecular formula is C21H28F2N2O2. The molecule has 1 atom stereocenters. The zero-order chi connectivity index (χ0) is 19.2. The van der Waals surface area contributed by atoms with E-state index in [2.05, 4.69) is 0 Å². The highest BCUT2D eigenvalue weighted by Gasteiger charge is 2.25. The van der Waals surface area contributed by atoms with Gasteiger partial charge in [0.25, 0.3) is 0 Å². The minimum Gasteiger partial charge on any atom is -0.343 e.